The lowest BCUT2D eigenvalue weighted by molar-refractivity contribution is 0.253. The maximum atomic E-state index is 13.2. The minimum Gasteiger partial charge on any atom is -0.313 e. The van der Waals surface area contributed by atoms with Gasteiger partial charge in [-0.15, -0.1) is 0 Å². The van der Waals surface area contributed by atoms with Gasteiger partial charge in [0.15, 0.2) is 0 Å². The molecule has 1 N–H and O–H groups in total. The number of benzene rings is 1. The zero-order valence-electron chi connectivity index (χ0n) is 11.3. The highest BCUT2D eigenvalue weighted by Crippen LogP contribution is 2.21. The van der Waals surface area contributed by atoms with Gasteiger partial charge in [0.1, 0.15) is 5.82 Å². The van der Waals surface area contributed by atoms with Crippen LogP contribution < -0.4 is 5.32 Å². The van der Waals surface area contributed by atoms with E-state index in [1.807, 2.05) is 13.1 Å². The highest BCUT2D eigenvalue weighted by molar-refractivity contribution is 5.20. The minimum atomic E-state index is -0.151. The SMILES string of the molecule is CNC(CCN1CCCC1C)c1cccc(F)c1. The Bertz CT molecular complexity index is 381. The third-order valence-corrected chi connectivity index (χ3v) is 4.00. The van der Waals surface area contributed by atoms with Crippen LogP contribution >= 0.6 is 0 Å². The molecule has 2 unspecified atom stereocenters. The van der Waals surface area contributed by atoms with Gasteiger partial charge in [-0.25, -0.2) is 4.39 Å². The molecule has 2 nitrogen and oxygen atoms in total. The quantitative estimate of drug-likeness (QED) is 0.864. The molecule has 2 rings (SSSR count). The van der Waals surface area contributed by atoms with Crippen molar-refractivity contribution in [2.45, 2.75) is 38.3 Å². The molecular formula is C15H23FN2. The van der Waals surface area contributed by atoms with E-state index in [0.29, 0.717) is 6.04 Å². The van der Waals surface area contributed by atoms with Crippen LogP contribution in [-0.4, -0.2) is 31.1 Å². The van der Waals surface area contributed by atoms with Gasteiger partial charge in [-0.05, 0) is 57.5 Å². The fourth-order valence-corrected chi connectivity index (χ4v) is 2.82. The van der Waals surface area contributed by atoms with Gasteiger partial charge in [0.2, 0.25) is 0 Å². The van der Waals surface area contributed by atoms with Gasteiger partial charge in [0.25, 0.3) is 0 Å². The Morgan fingerprint density at radius 1 is 1.50 bits per heavy atom. The lowest BCUT2D eigenvalue weighted by atomic mass is 10.0. The molecule has 0 amide bonds. The van der Waals surface area contributed by atoms with Crippen LogP contribution in [0.4, 0.5) is 4.39 Å². The summed E-state index contributed by atoms with van der Waals surface area (Å²) in [5.74, 6) is -0.151. The van der Waals surface area contributed by atoms with Gasteiger partial charge >= 0.3 is 0 Å². The Morgan fingerprint density at radius 2 is 2.33 bits per heavy atom. The fourth-order valence-electron chi connectivity index (χ4n) is 2.82. The van der Waals surface area contributed by atoms with Crippen LogP contribution in [0.3, 0.4) is 0 Å². The van der Waals surface area contributed by atoms with Crippen molar-refractivity contribution in [2.24, 2.45) is 0 Å². The molecule has 1 aliphatic heterocycles. The van der Waals surface area contributed by atoms with Crippen LogP contribution in [0.25, 0.3) is 0 Å². The van der Waals surface area contributed by atoms with Crippen molar-refractivity contribution in [3.63, 3.8) is 0 Å². The summed E-state index contributed by atoms with van der Waals surface area (Å²) in [5.41, 5.74) is 1.05. The van der Waals surface area contributed by atoms with Gasteiger partial charge in [0.05, 0.1) is 0 Å². The summed E-state index contributed by atoms with van der Waals surface area (Å²) >= 11 is 0. The van der Waals surface area contributed by atoms with Gasteiger partial charge in [-0.1, -0.05) is 12.1 Å². The number of hydrogen-bond donors (Lipinski definition) is 1. The van der Waals surface area contributed by atoms with E-state index in [2.05, 4.69) is 17.1 Å². The molecule has 0 spiro atoms. The largest absolute Gasteiger partial charge is 0.313 e. The molecular weight excluding hydrogens is 227 g/mol. The van der Waals surface area contributed by atoms with Gasteiger partial charge in [0, 0.05) is 18.6 Å². The first-order chi connectivity index (χ1) is 8.70. The standard InChI is InChI=1S/C15H23FN2/c1-12-5-4-9-18(12)10-8-15(17-2)13-6-3-7-14(16)11-13/h3,6-7,11-12,15,17H,4-5,8-10H2,1-2H3. The molecule has 0 aliphatic carbocycles. The smallest absolute Gasteiger partial charge is 0.123 e. The highest BCUT2D eigenvalue weighted by atomic mass is 19.1. The van der Waals surface area contributed by atoms with Gasteiger partial charge < -0.3 is 10.2 Å². The van der Waals surface area contributed by atoms with Gasteiger partial charge in [-0.2, -0.15) is 0 Å². The summed E-state index contributed by atoms with van der Waals surface area (Å²) in [5, 5.41) is 3.29. The van der Waals surface area contributed by atoms with Gasteiger partial charge in [-0.3, -0.25) is 0 Å². The lowest BCUT2D eigenvalue weighted by Crippen LogP contribution is -2.30. The van der Waals surface area contributed by atoms with E-state index >= 15 is 0 Å². The normalized spacial score (nSPS) is 22.3. The third kappa shape index (κ3) is 3.30. The molecule has 0 bridgehead atoms. The summed E-state index contributed by atoms with van der Waals surface area (Å²) in [6.45, 7) is 4.59. The summed E-state index contributed by atoms with van der Waals surface area (Å²) in [6, 6.07) is 7.86. The van der Waals surface area contributed by atoms with Crippen molar-refractivity contribution in [1.82, 2.24) is 10.2 Å². The van der Waals surface area contributed by atoms with Crippen molar-refractivity contribution < 1.29 is 4.39 Å². The summed E-state index contributed by atoms with van der Waals surface area (Å²) in [7, 11) is 1.95. The molecule has 1 saturated heterocycles. The Labute approximate surface area is 109 Å². The van der Waals surface area contributed by atoms with E-state index in [1.165, 1.54) is 25.5 Å². The molecule has 0 radical (unpaired) electrons. The van der Waals surface area contributed by atoms with E-state index in [0.717, 1.165) is 18.5 Å². The maximum absolute atomic E-state index is 13.2. The third-order valence-electron chi connectivity index (χ3n) is 4.00. The van der Waals surface area contributed by atoms with Crippen LogP contribution in [0, 0.1) is 5.82 Å². The second-order valence-corrected chi connectivity index (χ2v) is 5.21. The number of nitrogens with one attached hydrogen (secondary N) is 1. The number of hydrogen-bond acceptors (Lipinski definition) is 2. The number of likely N-dealkylation sites (tertiary alicyclic amines) is 1. The maximum Gasteiger partial charge on any atom is 0.123 e. The van der Waals surface area contributed by atoms with Crippen molar-refractivity contribution in [3.05, 3.63) is 35.6 Å². The Morgan fingerprint density at radius 3 is 2.94 bits per heavy atom. The summed E-state index contributed by atoms with van der Waals surface area (Å²) in [6.07, 6.45) is 3.65. The number of nitrogens with zero attached hydrogens (tertiary/aromatic N) is 1. The Kier molecular flexibility index (Phi) is 4.72. The first kappa shape index (κ1) is 13.5. The number of rotatable bonds is 5. The highest BCUT2D eigenvalue weighted by Gasteiger charge is 2.21. The van der Waals surface area contributed by atoms with Crippen LogP contribution in [0.5, 0.6) is 0 Å². The molecule has 0 saturated carbocycles. The zero-order chi connectivity index (χ0) is 13.0. The molecule has 3 heteroatoms. The van der Waals surface area contributed by atoms with E-state index < -0.39 is 0 Å². The minimum absolute atomic E-state index is 0.151. The second-order valence-electron chi connectivity index (χ2n) is 5.21. The second kappa shape index (κ2) is 6.30. The molecule has 1 fully saturated rings. The molecule has 2 atom stereocenters. The molecule has 100 valence electrons. The monoisotopic (exact) mass is 250 g/mol. The lowest BCUT2D eigenvalue weighted by Gasteiger charge is -2.24. The Hall–Kier alpha value is -0.930. The first-order valence-corrected chi connectivity index (χ1v) is 6.87. The average Bonchev–Trinajstić information content (AvgIpc) is 2.76. The van der Waals surface area contributed by atoms with Crippen molar-refractivity contribution in [1.29, 1.82) is 0 Å². The van der Waals surface area contributed by atoms with Crippen molar-refractivity contribution in [2.75, 3.05) is 20.1 Å². The molecule has 1 aromatic carbocycles. The van der Waals surface area contributed by atoms with Crippen LogP contribution in [-0.2, 0) is 0 Å². The summed E-state index contributed by atoms with van der Waals surface area (Å²) in [4.78, 5) is 2.53. The predicted octanol–water partition coefficient (Wildman–Crippen LogP) is 2.96. The van der Waals surface area contributed by atoms with E-state index in [1.54, 1.807) is 12.1 Å². The fraction of sp³-hybridized carbons (Fsp3) is 0.600. The average molecular weight is 250 g/mol. The molecule has 1 heterocycles. The topological polar surface area (TPSA) is 15.3 Å². The number of halogens is 1. The Balaban J connectivity index is 1.93. The molecule has 18 heavy (non-hydrogen) atoms. The van der Waals surface area contributed by atoms with E-state index in [-0.39, 0.29) is 11.9 Å². The zero-order valence-corrected chi connectivity index (χ0v) is 11.3. The van der Waals surface area contributed by atoms with E-state index in [9.17, 15) is 4.39 Å². The first-order valence-electron chi connectivity index (χ1n) is 6.87. The molecule has 1 aliphatic rings. The van der Waals surface area contributed by atoms with Crippen LogP contribution in [0.1, 0.15) is 37.8 Å². The van der Waals surface area contributed by atoms with Crippen molar-refractivity contribution in [3.8, 4) is 0 Å². The predicted molar refractivity (Wildman–Crippen MR) is 73.1 cm³/mol. The van der Waals surface area contributed by atoms with Crippen molar-refractivity contribution >= 4 is 0 Å². The van der Waals surface area contributed by atoms with Crippen LogP contribution in [0.15, 0.2) is 24.3 Å². The molecule has 0 aromatic heterocycles. The summed E-state index contributed by atoms with van der Waals surface area (Å²) < 4.78 is 13.2. The van der Waals surface area contributed by atoms with E-state index in [4.69, 9.17) is 0 Å². The molecule has 1 aromatic rings. The van der Waals surface area contributed by atoms with Crippen LogP contribution in [0.2, 0.25) is 0 Å².